The first-order chi connectivity index (χ1) is 12.6. The van der Waals surface area contributed by atoms with E-state index in [1.807, 2.05) is 0 Å². The van der Waals surface area contributed by atoms with Gasteiger partial charge < -0.3 is 15.0 Å². The minimum absolute atomic E-state index is 0.0830. The summed E-state index contributed by atoms with van der Waals surface area (Å²) in [5, 5.41) is 3.18. The summed E-state index contributed by atoms with van der Waals surface area (Å²) >= 11 is 0. The summed E-state index contributed by atoms with van der Waals surface area (Å²) in [5.41, 5.74) is 0.424. The molecule has 3 rings (SSSR count). The second kappa shape index (κ2) is 7.61. The molecule has 1 aromatic rings. The van der Waals surface area contributed by atoms with Gasteiger partial charge in [-0.05, 0) is 49.5 Å². The molecule has 2 aliphatic heterocycles. The van der Waals surface area contributed by atoms with Crippen molar-refractivity contribution in [2.24, 2.45) is 0 Å². The Labute approximate surface area is 153 Å². The summed E-state index contributed by atoms with van der Waals surface area (Å²) in [7, 11) is 0. The number of piperidine rings is 2. The molecule has 1 aromatic carbocycles. The third-order valence-corrected chi connectivity index (χ3v) is 5.05. The van der Waals surface area contributed by atoms with Crippen LogP contribution in [0.3, 0.4) is 0 Å². The molecule has 4 nitrogen and oxygen atoms in total. The van der Waals surface area contributed by atoms with E-state index < -0.39 is 36.8 Å². The van der Waals surface area contributed by atoms with E-state index in [4.69, 9.17) is 0 Å². The van der Waals surface area contributed by atoms with Crippen molar-refractivity contribution in [3.63, 3.8) is 0 Å². The number of nitrogens with one attached hydrogen (secondary N) is 1. The van der Waals surface area contributed by atoms with Crippen molar-refractivity contribution in [2.45, 2.75) is 43.9 Å². The van der Waals surface area contributed by atoms with E-state index in [1.165, 1.54) is 12.1 Å². The number of amides is 1. The lowest BCUT2D eigenvalue weighted by Crippen LogP contribution is -2.43. The van der Waals surface area contributed by atoms with Crippen molar-refractivity contribution in [3.05, 3.63) is 29.3 Å². The maximum absolute atomic E-state index is 13.3. The van der Waals surface area contributed by atoms with E-state index in [9.17, 15) is 26.7 Å². The molecule has 0 bridgehead atoms. The molecule has 0 spiro atoms. The number of alkyl halides is 5. The van der Waals surface area contributed by atoms with Crippen LogP contribution in [0.4, 0.5) is 22.0 Å². The van der Waals surface area contributed by atoms with Gasteiger partial charge in [-0.25, -0.2) is 8.78 Å². The van der Waals surface area contributed by atoms with Gasteiger partial charge in [-0.3, -0.25) is 4.79 Å². The summed E-state index contributed by atoms with van der Waals surface area (Å²) in [6, 6.07) is 4.20. The van der Waals surface area contributed by atoms with Gasteiger partial charge >= 0.3 is 6.36 Å². The Morgan fingerprint density at radius 3 is 2.37 bits per heavy atom. The third-order valence-electron chi connectivity index (χ3n) is 5.05. The average Bonchev–Trinajstić information content (AvgIpc) is 2.60. The molecule has 2 heterocycles. The summed E-state index contributed by atoms with van der Waals surface area (Å²) in [6.07, 6.45) is -4.39. The van der Waals surface area contributed by atoms with Crippen LogP contribution in [0.15, 0.2) is 18.2 Å². The molecule has 1 amide bonds. The highest BCUT2D eigenvalue weighted by atomic mass is 19.4. The lowest BCUT2D eigenvalue weighted by molar-refractivity contribution is -0.274. The number of carbonyl (C=O) groups excluding carboxylic acids is 1. The van der Waals surface area contributed by atoms with E-state index >= 15 is 0 Å². The largest absolute Gasteiger partial charge is 0.573 e. The van der Waals surface area contributed by atoms with Gasteiger partial charge in [0.1, 0.15) is 5.75 Å². The fraction of sp³-hybridized carbons (Fsp3) is 0.611. The molecule has 0 atom stereocenters. The van der Waals surface area contributed by atoms with Crippen molar-refractivity contribution >= 4 is 5.91 Å². The molecule has 0 saturated carbocycles. The lowest BCUT2D eigenvalue weighted by atomic mass is 9.89. The Morgan fingerprint density at radius 2 is 1.78 bits per heavy atom. The number of rotatable bonds is 3. The highest BCUT2D eigenvalue weighted by Gasteiger charge is 2.38. The zero-order chi connectivity index (χ0) is 19.7. The van der Waals surface area contributed by atoms with Gasteiger partial charge in [-0.1, -0.05) is 6.07 Å². The van der Waals surface area contributed by atoms with E-state index in [0.717, 1.165) is 30.8 Å². The quantitative estimate of drug-likeness (QED) is 0.793. The van der Waals surface area contributed by atoms with Crippen LogP contribution in [-0.4, -0.2) is 49.3 Å². The topological polar surface area (TPSA) is 41.6 Å². The summed E-state index contributed by atoms with van der Waals surface area (Å²) in [5.74, 6) is -4.05. The number of halogens is 5. The molecule has 1 N–H and O–H groups in total. The Morgan fingerprint density at radius 1 is 1.15 bits per heavy atom. The lowest BCUT2D eigenvalue weighted by Gasteiger charge is -2.32. The van der Waals surface area contributed by atoms with Crippen molar-refractivity contribution < 1.29 is 31.5 Å². The number of ether oxygens (including phenoxy) is 1. The minimum Gasteiger partial charge on any atom is -0.405 e. The van der Waals surface area contributed by atoms with Gasteiger partial charge in [0, 0.05) is 25.9 Å². The second-order valence-corrected chi connectivity index (χ2v) is 6.98. The molecular weight excluding hydrogens is 371 g/mol. The summed E-state index contributed by atoms with van der Waals surface area (Å²) in [6.45, 7) is 1.13. The van der Waals surface area contributed by atoms with E-state index in [0.29, 0.717) is 5.56 Å². The number of likely N-dealkylation sites (tertiary alicyclic amines) is 1. The monoisotopic (exact) mass is 392 g/mol. The third kappa shape index (κ3) is 5.09. The van der Waals surface area contributed by atoms with Crippen molar-refractivity contribution in [2.75, 3.05) is 26.2 Å². The highest BCUT2D eigenvalue weighted by molar-refractivity contribution is 5.97. The minimum atomic E-state index is -4.95. The number of hydrogen-bond acceptors (Lipinski definition) is 3. The van der Waals surface area contributed by atoms with Crippen LogP contribution >= 0.6 is 0 Å². The number of benzene rings is 1. The average molecular weight is 392 g/mol. The molecular formula is C18H21F5N2O2. The molecule has 0 aromatic heterocycles. The molecule has 150 valence electrons. The SMILES string of the molecule is O=C(c1ccc(C2CCNCC2)cc1OC(F)(F)F)N1CCC(F)(F)CC1. The Balaban J connectivity index is 1.85. The summed E-state index contributed by atoms with van der Waals surface area (Å²) in [4.78, 5) is 13.8. The first kappa shape index (κ1) is 19.9. The van der Waals surface area contributed by atoms with Crippen LogP contribution in [0.5, 0.6) is 5.75 Å². The molecule has 27 heavy (non-hydrogen) atoms. The number of nitrogens with zero attached hydrogens (tertiary/aromatic N) is 1. The van der Waals surface area contributed by atoms with Crippen molar-refractivity contribution in [1.29, 1.82) is 0 Å². The van der Waals surface area contributed by atoms with Crippen LogP contribution in [0.25, 0.3) is 0 Å². The number of hydrogen-bond donors (Lipinski definition) is 1. The predicted molar refractivity (Wildman–Crippen MR) is 88.1 cm³/mol. The Hall–Kier alpha value is -1.90. The zero-order valence-electron chi connectivity index (χ0n) is 14.6. The van der Waals surface area contributed by atoms with Crippen LogP contribution in [0.1, 0.15) is 47.5 Å². The van der Waals surface area contributed by atoms with Gasteiger partial charge in [0.25, 0.3) is 11.8 Å². The Kier molecular flexibility index (Phi) is 5.60. The first-order valence-corrected chi connectivity index (χ1v) is 8.92. The fourth-order valence-corrected chi connectivity index (χ4v) is 3.54. The van der Waals surface area contributed by atoms with Gasteiger partial charge in [0.15, 0.2) is 0 Å². The standard InChI is InChI=1S/C18H21F5N2O2/c19-17(20)5-9-25(10-6-17)16(26)14-2-1-13(12-3-7-24-8-4-12)11-15(14)27-18(21,22)23/h1-2,11-12,24H,3-10H2. The first-order valence-electron chi connectivity index (χ1n) is 8.92. The molecule has 2 aliphatic rings. The molecule has 2 fully saturated rings. The molecule has 2 saturated heterocycles. The van der Waals surface area contributed by atoms with Gasteiger partial charge in [-0.2, -0.15) is 0 Å². The molecule has 0 unspecified atom stereocenters. The Bertz CT molecular complexity index is 677. The summed E-state index contributed by atoms with van der Waals surface area (Å²) < 4.78 is 69.2. The van der Waals surface area contributed by atoms with E-state index in [1.54, 1.807) is 6.07 Å². The molecule has 0 radical (unpaired) electrons. The maximum atomic E-state index is 13.3. The second-order valence-electron chi connectivity index (χ2n) is 6.98. The highest BCUT2D eigenvalue weighted by Crippen LogP contribution is 2.35. The molecule has 0 aliphatic carbocycles. The van der Waals surface area contributed by atoms with Crippen LogP contribution in [0, 0.1) is 0 Å². The molecule has 9 heteroatoms. The predicted octanol–water partition coefficient (Wildman–Crippen LogP) is 3.92. The van der Waals surface area contributed by atoms with Crippen LogP contribution in [0.2, 0.25) is 0 Å². The fourth-order valence-electron chi connectivity index (χ4n) is 3.54. The van der Waals surface area contributed by atoms with Gasteiger partial charge in [0.05, 0.1) is 5.56 Å². The van der Waals surface area contributed by atoms with Crippen molar-refractivity contribution in [3.8, 4) is 5.75 Å². The van der Waals surface area contributed by atoms with E-state index in [-0.39, 0.29) is 24.6 Å². The normalized spacial score (nSPS) is 21.1. The zero-order valence-corrected chi connectivity index (χ0v) is 14.6. The smallest absolute Gasteiger partial charge is 0.405 e. The number of carbonyl (C=O) groups is 1. The van der Waals surface area contributed by atoms with Crippen LogP contribution in [-0.2, 0) is 0 Å². The van der Waals surface area contributed by atoms with Crippen molar-refractivity contribution in [1.82, 2.24) is 10.2 Å². The van der Waals surface area contributed by atoms with E-state index in [2.05, 4.69) is 10.1 Å². The van der Waals surface area contributed by atoms with Gasteiger partial charge in [-0.15, -0.1) is 13.2 Å². The maximum Gasteiger partial charge on any atom is 0.573 e. The van der Waals surface area contributed by atoms with Gasteiger partial charge in [0.2, 0.25) is 0 Å². The van der Waals surface area contributed by atoms with Crippen LogP contribution < -0.4 is 10.1 Å².